The molecule has 7 heteroatoms. The highest BCUT2D eigenvalue weighted by molar-refractivity contribution is 7.80. The van der Waals surface area contributed by atoms with Crippen LogP contribution in [0.3, 0.4) is 0 Å². The fourth-order valence-electron chi connectivity index (χ4n) is 4.63. The summed E-state index contributed by atoms with van der Waals surface area (Å²) in [5.74, 6) is -0.829. The minimum absolute atomic E-state index is 0.0798. The molecule has 0 atom stereocenters. The van der Waals surface area contributed by atoms with Gasteiger partial charge in [0.2, 0.25) is 0 Å². The zero-order chi connectivity index (χ0) is 25.4. The highest BCUT2D eigenvalue weighted by Crippen LogP contribution is 2.31. The number of aromatic nitrogens is 1. The number of halogens is 1. The van der Waals surface area contributed by atoms with Gasteiger partial charge in [0.25, 0.3) is 11.8 Å². The van der Waals surface area contributed by atoms with Gasteiger partial charge in [-0.05, 0) is 99.4 Å². The Kier molecular flexibility index (Phi) is 6.97. The molecule has 0 spiro atoms. The summed E-state index contributed by atoms with van der Waals surface area (Å²) in [5, 5.41) is 0.721. The molecule has 2 amide bonds. The van der Waals surface area contributed by atoms with Crippen LogP contribution in [0.25, 0.3) is 11.8 Å². The van der Waals surface area contributed by atoms with Crippen molar-refractivity contribution in [1.29, 1.82) is 0 Å². The van der Waals surface area contributed by atoms with E-state index in [1.54, 1.807) is 30.3 Å². The van der Waals surface area contributed by atoms with Gasteiger partial charge in [-0.3, -0.25) is 19.4 Å². The number of hydrogen-bond acceptors (Lipinski definition) is 3. The van der Waals surface area contributed by atoms with Crippen molar-refractivity contribution in [2.75, 3.05) is 11.4 Å². The van der Waals surface area contributed by atoms with Gasteiger partial charge in [-0.15, -0.1) is 0 Å². The number of amides is 2. The molecule has 0 aliphatic carbocycles. The Balaban J connectivity index is 1.85. The molecule has 180 valence electrons. The number of hydrogen-bond donors (Lipinski definition) is 0. The maximum absolute atomic E-state index is 13.6. The zero-order valence-corrected chi connectivity index (χ0v) is 22.1. The lowest BCUT2D eigenvalue weighted by Crippen LogP contribution is -2.56. The third kappa shape index (κ3) is 4.32. The molecular weight excluding hydrogens is 478 g/mol. The van der Waals surface area contributed by atoms with Crippen LogP contribution in [-0.2, 0) is 16.0 Å². The summed E-state index contributed by atoms with van der Waals surface area (Å²) in [6.07, 6.45) is 2.60. The third-order valence-corrected chi connectivity index (χ3v) is 7.08. The maximum atomic E-state index is 13.6. The largest absolute Gasteiger partial charge is 0.317 e. The number of anilines is 1. The van der Waals surface area contributed by atoms with Crippen molar-refractivity contribution in [2.45, 2.75) is 41.0 Å². The topological polar surface area (TPSA) is 45.6 Å². The van der Waals surface area contributed by atoms with Crippen molar-refractivity contribution in [3.63, 3.8) is 0 Å². The predicted octanol–water partition coefficient (Wildman–Crippen LogP) is 6.18. The minimum Gasteiger partial charge on any atom is -0.317 e. The number of nitrogens with zero attached hydrogens (tertiary/aromatic N) is 3. The SMILES string of the molecule is CCc1cccc(C)c1-n1c(C)cc(/C=C2\C(=O)N(CC)C(=S)N(c3ccc(Cl)cc3)C2=O)c1C. The zero-order valence-electron chi connectivity index (χ0n) is 20.6. The van der Waals surface area contributed by atoms with Crippen molar-refractivity contribution < 1.29 is 9.59 Å². The molecule has 2 aromatic carbocycles. The Labute approximate surface area is 216 Å². The van der Waals surface area contributed by atoms with Crippen LogP contribution in [0.2, 0.25) is 5.02 Å². The van der Waals surface area contributed by atoms with Crippen molar-refractivity contribution in [1.82, 2.24) is 9.47 Å². The molecule has 2 heterocycles. The van der Waals surface area contributed by atoms with Crippen LogP contribution in [0.5, 0.6) is 0 Å². The lowest BCUT2D eigenvalue weighted by atomic mass is 10.0. The Hall–Kier alpha value is -3.22. The molecule has 1 aromatic heterocycles. The van der Waals surface area contributed by atoms with E-state index in [1.807, 2.05) is 26.8 Å². The standard InChI is InChI=1S/C28H28ClN3O2S/c1-6-20-10-8-9-17(3)25(20)31-18(4)15-21(19(31)5)16-24-26(33)30(7-2)28(35)32(27(24)34)23-13-11-22(29)12-14-23/h8-16H,6-7H2,1-5H3/b24-16+. The van der Waals surface area contributed by atoms with E-state index < -0.39 is 5.91 Å². The molecule has 0 unspecified atom stereocenters. The summed E-state index contributed by atoms with van der Waals surface area (Å²) >= 11 is 11.6. The van der Waals surface area contributed by atoms with E-state index in [0.29, 0.717) is 17.3 Å². The molecule has 0 radical (unpaired) electrons. The van der Waals surface area contributed by atoms with Gasteiger partial charge in [-0.1, -0.05) is 36.7 Å². The van der Waals surface area contributed by atoms with E-state index in [4.69, 9.17) is 23.8 Å². The molecular formula is C28H28ClN3O2S. The van der Waals surface area contributed by atoms with E-state index in [0.717, 1.165) is 29.1 Å². The van der Waals surface area contributed by atoms with Gasteiger partial charge in [0.05, 0.1) is 11.4 Å². The third-order valence-electron chi connectivity index (χ3n) is 6.43. The second-order valence-corrected chi connectivity index (χ2v) is 9.41. The van der Waals surface area contributed by atoms with Gasteiger partial charge in [-0.2, -0.15) is 0 Å². The molecule has 0 bridgehead atoms. The average molecular weight is 506 g/mol. The molecule has 0 N–H and O–H groups in total. The number of thiocarbonyl (C=S) groups is 1. The Morgan fingerprint density at radius 1 is 0.971 bits per heavy atom. The second-order valence-electron chi connectivity index (χ2n) is 8.61. The van der Waals surface area contributed by atoms with Crippen molar-refractivity contribution >= 4 is 52.5 Å². The summed E-state index contributed by atoms with van der Waals surface area (Å²) in [7, 11) is 0. The van der Waals surface area contributed by atoms with Crippen LogP contribution in [0, 0.1) is 20.8 Å². The molecule has 1 aliphatic heterocycles. The number of carbonyl (C=O) groups excluding carboxylic acids is 2. The monoisotopic (exact) mass is 505 g/mol. The Morgan fingerprint density at radius 3 is 2.29 bits per heavy atom. The predicted molar refractivity (Wildman–Crippen MR) is 146 cm³/mol. The minimum atomic E-state index is -0.443. The first-order chi connectivity index (χ1) is 16.7. The molecule has 1 aliphatic rings. The maximum Gasteiger partial charge on any atom is 0.270 e. The number of carbonyl (C=O) groups is 2. The number of rotatable bonds is 5. The molecule has 5 nitrogen and oxygen atoms in total. The number of likely N-dealkylation sites (N-methyl/N-ethyl adjacent to an activating group) is 1. The smallest absolute Gasteiger partial charge is 0.270 e. The van der Waals surface area contributed by atoms with Crippen molar-refractivity contribution in [3.05, 3.63) is 87.2 Å². The number of aryl methyl sites for hydroxylation is 3. The van der Waals surface area contributed by atoms with E-state index in [2.05, 4.69) is 36.6 Å². The van der Waals surface area contributed by atoms with Crippen LogP contribution in [0.1, 0.15) is 41.9 Å². The average Bonchev–Trinajstić information content (AvgIpc) is 3.10. The van der Waals surface area contributed by atoms with Gasteiger partial charge in [-0.25, -0.2) is 0 Å². The van der Waals surface area contributed by atoms with E-state index in [9.17, 15) is 9.59 Å². The quantitative estimate of drug-likeness (QED) is 0.236. The fraction of sp³-hybridized carbons (Fsp3) is 0.250. The highest BCUT2D eigenvalue weighted by Gasteiger charge is 2.39. The van der Waals surface area contributed by atoms with Crippen molar-refractivity contribution in [3.8, 4) is 5.69 Å². The number of benzene rings is 2. The van der Waals surface area contributed by atoms with Gasteiger partial charge in [0.15, 0.2) is 5.11 Å². The lowest BCUT2D eigenvalue weighted by molar-refractivity contribution is -0.127. The normalized spacial score (nSPS) is 15.5. The summed E-state index contributed by atoms with van der Waals surface area (Å²) < 4.78 is 2.21. The molecule has 1 saturated heterocycles. The summed E-state index contributed by atoms with van der Waals surface area (Å²) in [6.45, 7) is 10.5. The first-order valence-corrected chi connectivity index (χ1v) is 12.4. The summed E-state index contributed by atoms with van der Waals surface area (Å²) in [6, 6.07) is 15.2. The lowest BCUT2D eigenvalue weighted by Gasteiger charge is -2.36. The van der Waals surface area contributed by atoms with Crippen LogP contribution in [0.4, 0.5) is 5.69 Å². The van der Waals surface area contributed by atoms with Gasteiger partial charge in [0, 0.05) is 23.0 Å². The molecule has 1 fully saturated rings. The van der Waals surface area contributed by atoms with Gasteiger partial charge in [0.1, 0.15) is 5.57 Å². The van der Waals surface area contributed by atoms with Crippen LogP contribution < -0.4 is 4.90 Å². The van der Waals surface area contributed by atoms with Crippen LogP contribution in [0.15, 0.2) is 54.1 Å². The first-order valence-electron chi connectivity index (χ1n) is 11.6. The fourth-order valence-corrected chi connectivity index (χ4v) is 5.16. The molecule has 3 aromatic rings. The molecule has 4 rings (SSSR count). The van der Waals surface area contributed by atoms with Gasteiger partial charge >= 0.3 is 0 Å². The van der Waals surface area contributed by atoms with E-state index >= 15 is 0 Å². The Bertz CT molecular complexity index is 1370. The van der Waals surface area contributed by atoms with Crippen LogP contribution in [-0.4, -0.2) is 32.9 Å². The highest BCUT2D eigenvalue weighted by atomic mass is 35.5. The van der Waals surface area contributed by atoms with Crippen molar-refractivity contribution in [2.24, 2.45) is 0 Å². The second kappa shape index (κ2) is 9.80. The first kappa shape index (κ1) is 24.9. The summed E-state index contributed by atoms with van der Waals surface area (Å²) in [5.41, 5.74) is 7.04. The molecule has 35 heavy (non-hydrogen) atoms. The Morgan fingerprint density at radius 2 is 1.66 bits per heavy atom. The molecule has 0 saturated carbocycles. The van der Waals surface area contributed by atoms with E-state index in [-0.39, 0.29) is 16.6 Å². The van der Waals surface area contributed by atoms with Crippen LogP contribution >= 0.6 is 23.8 Å². The van der Waals surface area contributed by atoms with E-state index in [1.165, 1.54) is 20.9 Å². The van der Waals surface area contributed by atoms with Gasteiger partial charge < -0.3 is 4.57 Å². The summed E-state index contributed by atoms with van der Waals surface area (Å²) in [4.78, 5) is 29.8. The number of para-hydroxylation sites is 1.